The van der Waals surface area contributed by atoms with Crippen LogP contribution in [0.5, 0.6) is 0 Å². The van der Waals surface area contributed by atoms with Gasteiger partial charge in [0.25, 0.3) is 0 Å². The summed E-state index contributed by atoms with van der Waals surface area (Å²) in [4.78, 5) is 0. The normalized spacial score (nSPS) is 24.2. The van der Waals surface area contributed by atoms with Crippen LogP contribution in [-0.2, 0) is 6.54 Å². The number of rotatable bonds is 4. The first-order valence-electron chi connectivity index (χ1n) is 6.81. The van der Waals surface area contributed by atoms with Crippen molar-refractivity contribution in [1.82, 2.24) is 5.32 Å². The lowest BCUT2D eigenvalue weighted by atomic mass is 9.80. The highest BCUT2D eigenvalue weighted by atomic mass is 79.9. The van der Waals surface area contributed by atoms with Crippen LogP contribution < -0.4 is 5.32 Å². The minimum Gasteiger partial charge on any atom is -0.312 e. The monoisotopic (exact) mass is 329 g/mol. The second kappa shape index (κ2) is 6.93. The Bertz CT molecular complexity index is 394. The molecule has 0 spiro atoms. The molecule has 1 N–H and O–H groups in total. The Morgan fingerprint density at radius 1 is 1.33 bits per heavy atom. The van der Waals surface area contributed by atoms with E-state index in [2.05, 4.69) is 40.3 Å². The van der Waals surface area contributed by atoms with Gasteiger partial charge in [0.2, 0.25) is 0 Å². The van der Waals surface area contributed by atoms with Crippen molar-refractivity contribution in [2.75, 3.05) is 6.54 Å². The molecule has 0 bridgehead atoms. The van der Waals surface area contributed by atoms with Gasteiger partial charge >= 0.3 is 0 Å². The molecule has 2 rings (SSSR count). The molecule has 0 aliphatic heterocycles. The summed E-state index contributed by atoms with van der Waals surface area (Å²) in [6, 6.07) is 6.13. The molecule has 2 unspecified atom stereocenters. The zero-order valence-corrected chi connectivity index (χ0v) is 13.2. The smallest absolute Gasteiger partial charge is 0.0548 e. The van der Waals surface area contributed by atoms with Crippen LogP contribution in [0.4, 0.5) is 0 Å². The molecule has 1 saturated carbocycles. The van der Waals surface area contributed by atoms with Crippen LogP contribution in [0.1, 0.15) is 38.2 Å². The molecule has 1 aromatic rings. The first-order chi connectivity index (χ1) is 8.66. The highest BCUT2D eigenvalue weighted by Crippen LogP contribution is 2.29. The van der Waals surface area contributed by atoms with Crippen LogP contribution in [-0.4, -0.2) is 6.54 Å². The average Bonchev–Trinajstić information content (AvgIpc) is 2.36. The molecule has 0 radical (unpaired) electrons. The first kappa shape index (κ1) is 14.4. The van der Waals surface area contributed by atoms with Crippen molar-refractivity contribution in [3.63, 3.8) is 0 Å². The van der Waals surface area contributed by atoms with Gasteiger partial charge in [-0.3, -0.25) is 0 Å². The Morgan fingerprint density at radius 2 is 2.11 bits per heavy atom. The van der Waals surface area contributed by atoms with Crippen LogP contribution in [0.3, 0.4) is 0 Å². The molecule has 3 heteroatoms. The SMILES string of the molecule is CC1CCCCC1CNCc1ccc(Cl)c(Br)c1. The fraction of sp³-hybridized carbons (Fsp3) is 0.600. The quantitative estimate of drug-likeness (QED) is 0.817. The van der Waals surface area contributed by atoms with Crippen molar-refractivity contribution in [3.05, 3.63) is 33.3 Å². The summed E-state index contributed by atoms with van der Waals surface area (Å²) >= 11 is 9.45. The summed E-state index contributed by atoms with van der Waals surface area (Å²) in [6.07, 6.45) is 5.61. The van der Waals surface area contributed by atoms with Gasteiger partial charge in [0, 0.05) is 11.0 Å². The van der Waals surface area contributed by atoms with Crippen molar-refractivity contribution in [1.29, 1.82) is 0 Å². The molecule has 1 aliphatic rings. The van der Waals surface area contributed by atoms with E-state index in [1.807, 2.05) is 6.07 Å². The van der Waals surface area contributed by atoms with Crippen LogP contribution in [0.25, 0.3) is 0 Å². The molecule has 1 aliphatic carbocycles. The van der Waals surface area contributed by atoms with Crippen LogP contribution >= 0.6 is 27.5 Å². The van der Waals surface area contributed by atoms with Gasteiger partial charge < -0.3 is 5.32 Å². The largest absolute Gasteiger partial charge is 0.312 e. The molecule has 1 fully saturated rings. The number of hydrogen-bond acceptors (Lipinski definition) is 1. The number of nitrogens with one attached hydrogen (secondary N) is 1. The van der Waals surface area contributed by atoms with Crippen molar-refractivity contribution in [2.45, 2.75) is 39.2 Å². The van der Waals surface area contributed by atoms with Gasteiger partial charge in [-0.15, -0.1) is 0 Å². The van der Waals surface area contributed by atoms with Crippen LogP contribution in [0, 0.1) is 11.8 Å². The second-order valence-electron chi connectivity index (χ2n) is 5.40. The lowest BCUT2D eigenvalue weighted by Crippen LogP contribution is -2.29. The van der Waals surface area contributed by atoms with Gasteiger partial charge in [0.15, 0.2) is 0 Å². The molecular formula is C15H21BrClN. The summed E-state index contributed by atoms with van der Waals surface area (Å²) in [5, 5.41) is 4.36. The lowest BCUT2D eigenvalue weighted by molar-refractivity contribution is 0.247. The average molecular weight is 331 g/mol. The van der Waals surface area contributed by atoms with Gasteiger partial charge in [-0.05, 0) is 58.4 Å². The van der Waals surface area contributed by atoms with Crippen LogP contribution in [0.15, 0.2) is 22.7 Å². The van der Waals surface area contributed by atoms with E-state index in [0.29, 0.717) is 0 Å². The third-order valence-electron chi connectivity index (χ3n) is 4.01. The fourth-order valence-electron chi connectivity index (χ4n) is 2.75. The van der Waals surface area contributed by atoms with Gasteiger partial charge in [0.1, 0.15) is 0 Å². The fourth-order valence-corrected chi connectivity index (χ4v) is 3.29. The van der Waals surface area contributed by atoms with E-state index < -0.39 is 0 Å². The van der Waals surface area contributed by atoms with E-state index in [4.69, 9.17) is 11.6 Å². The van der Waals surface area contributed by atoms with E-state index in [1.54, 1.807) is 0 Å². The molecule has 0 amide bonds. The van der Waals surface area contributed by atoms with Crippen molar-refractivity contribution in [3.8, 4) is 0 Å². The highest BCUT2D eigenvalue weighted by Gasteiger charge is 2.20. The van der Waals surface area contributed by atoms with Gasteiger partial charge in [0.05, 0.1) is 5.02 Å². The maximum absolute atomic E-state index is 5.99. The van der Waals surface area contributed by atoms with Crippen molar-refractivity contribution < 1.29 is 0 Å². The van der Waals surface area contributed by atoms with E-state index in [0.717, 1.165) is 34.4 Å². The third-order valence-corrected chi connectivity index (χ3v) is 5.22. The van der Waals surface area contributed by atoms with Crippen molar-refractivity contribution in [2.24, 2.45) is 11.8 Å². The summed E-state index contributed by atoms with van der Waals surface area (Å²) in [5.41, 5.74) is 1.29. The molecule has 1 aromatic carbocycles. The minimum absolute atomic E-state index is 0.777. The number of halogens is 2. The van der Waals surface area contributed by atoms with Crippen LogP contribution in [0.2, 0.25) is 5.02 Å². The lowest BCUT2D eigenvalue weighted by Gasteiger charge is -2.28. The Morgan fingerprint density at radius 3 is 2.83 bits per heavy atom. The zero-order valence-electron chi connectivity index (χ0n) is 10.9. The summed E-state index contributed by atoms with van der Waals surface area (Å²) in [6.45, 7) is 4.46. The molecule has 2 atom stereocenters. The predicted octanol–water partition coefficient (Wildman–Crippen LogP) is 5.02. The molecule has 18 heavy (non-hydrogen) atoms. The number of hydrogen-bond donors (Lipinski definition) is 1. The second-order valence-corrected chi connectivity index (χ2v) is 6.66. The van der Waals surface area contributed by atoms with Gasteiger partial charge in [-0.2, -0.15) is 0 Å². The summed E-state index contributed by atoms with van der Waals surface area (Å²) < 4.78 is 0.981. The van der Waals surface area contributed by atoms with E-state index in [-0.39, 0.29) is 0 Å². The Kier molecular flexibility index (Phi) is 5.53. The predicted molar refractivity (Wildman–Crippen MR) is 82.0 cm³/mol. The van der Waals surface area contributed by atoms with E-state index >= 15 is 0 Å². The topological polar surface area (TPSA) is 12.0 Å². The standard InChI is InChI=1S/C15H21BrClN/c1-11-4-2-3-5-13(11)10-18-9-12-6-7-15(17)14(16)8-12/h6-8,11,13,18H,2-5,9-10H2,1H3. The van der Waals surface area contributed by atoms with E-state index in [1.165, 1.54) is 31.2 Å². The Labute approximate surface area is 123 Å². The third kappa shape index (κ3) is 3.97. The molecular weight excluding hydrogens is 310 g/mol. The van der Waals surface area contributed by atoms with Crippen molar-refractivity contribution >= 4 is 27.5 Å². The summed E-state index contributed by atoms with van der Waals surface area (Å²) in [5.74, 6) is 1.73. The molecule has 0 saturated heterocycles. The van der Waals surface area contributed by atoms with E-state index in [9.17, 15) is 0 Å². The molecule has 1 nitrogen and oxygen atoms in total. The Hall–Kier alpha value is -0.0500. The molecule has 0 aromatic heterocycles. The maximum atomic E-state index is 5.99. The maximum Gasteiger partial charge on any atom is 0.0548 e. The molecule has 100 valence electrons. The number of benzene rings is 1. The van der Waals surface area contributed by atoms with Gasteiger partial charge in [-0.25, -0.2) is 0 Å². The minimum atomic E-state index is 0.777. The van der Waals surface area contributed by atoms with Gasteiger partial charge in [-0.1, -0.05) is 43.9 Å². The Balaban J connectivity index is 1.79. The zero-order chi connectivity index (χ0) is 13.0. The molecule has 0 heterocycles. The first-order valence-corrected chi connectivity index (χ1v) is 7.98. The summed E-state index contributed by atoms with van der Waals surface area (Å²) in [7, 11) is 0. The highest BCUT2D eigenvalue weighted by molar-refractivity contribution is 9.10.